The summed E-state index contributed by atoms with van der Waals surface area (Å²) in [6.07, 6.45) is 1.36. The Bertz CT molecular complexity index is 187. The van der Waals surface area contributed by atoms with Crippen LogP contribution < -0.4 is 0 Å². The monoisotopic (exact) mass is 182 g/mol. The summed E-state index contributed by atoms with van der Waals surface area (Å²) in [4.78, 5) is 5.35. The number of piperazine rings is 1. The molecule has 76 valence electrons. The normalized spacial score (nSPS) is 45.2. The highest BCUT2D eigenvalue weighted by Crippen LogP contribution is 2.31. The number of nitrogens with zero attached hydrogens (tertiary/aromatic N) is 2. The second-order valence-corrected chi connectivity index (χ2v) is 5.13. The number of hydrogen-bond acceptors (Lipinski definition) is 2. The van der Waals surface area contributed by atoms with Gasteiger partial charge < -0.3 is 4.90 Å². The van der Waals surface area contributed by atoms with Crippen LogP contribution in [0.25, 0.3) is 0 Å². The molecule has 0 amide bonds. The second kappa shape index (κ2) is 3.25. The van der Waals surface area contributed by atoms with E-state index in [2.05, 4.69) is 30.6 Å². The third-order valence-electron chi connectivity index (χ3n) is 4.10. The summed E-state index contributed by atoms with van der Waals surface area (Å²) in [6.45, 7) is 13.7. The van der Waals surface area contributed by atoms with E-state index in [1.54, 1.807) is 0 Å². The van der Waals surface area contributed by atoms with E-state index in [1.165, 1.54) is 39.1 Å². The SMILES string of the molecule is CC(C)C1(C)CN2CCCN1CC2. The molecule has 3 aliphatic heterocycles. The number of rotatable bonds is 1. The van der Waals surface area contributed by atoms with Gasteiger partial charge in [-0.25, -0.2) is 0 Å². The van der Waals surface area contributed by atoms with Gasteiger partial charge in [0.05, 0.1) is 0 Å². The fraction of sp³-hybridized carbons (Fsp3) is 1.00. The lowest BCUT2D eigenvalue weighted by Gasteiger charge is -2.49. The van der Waals surface area contributed by atoms with E-state index >= 15 is 0 Å². The summed E-state index contributed by atoms with van der Waals surface area (Å²) >= 11 is 0. The van der Waals surface area contributed by atoms with Crippen LogP contribution in [-0.4, -0.2) is 48.1 Å². The van der Waals surface area contributed by atoms with E-state index < -0.39 is 0 Å². The largest absolute Gasteiger partial charge is 0.300 e. The standard InChI is InChI=1S/C11H22N2/c1-10(2)11(3)9-12-5-4-6-13(11)8-7-12/h10H,4-9H2,1-3H3. The summed E-state index contributed by atoms with van der Waals surface area (Å²) in [5.74, 6) is 0.772. The van der Waals surface area contributed by atoms with Crippen molar-refractivity contribution >= 4 is 0 Å². The summed E-state index contributed by atoms with van der Waals surface area (Å²) < 4.78 is 0. The summed E-state index contributed by atoms with van der Waals surface area (Å²) in [5, 5.41) is 0. The molecule has 2 heteroatoms. The van der Waals surface area contributed by atoms with Gasteiger partial charge in [-0.1, -0.05) is 13.8 Å². The Morgan fingerprint density at radius 2 is 1.85 bits per heavy atom. The molecule has 0 aromatic heterocycles. The first-order chi connectivity index (χ1) is 6.13. The van der Waals surface area contributed by atoms with Crippen molar-refractivity contribution in [2.24, 2.45) is 5.92 Å². The highest BCUT2D eigenvalue weighted by atomic mass is 15.3. The van der Waals surface area contributed by atoms with E-state index in [0.29, 0.717) is 5.54 Å². The van der Waals surface area contributed by atoms with Crippen LogP contribution in [0.5, 0.6) is 0 Å². The molecule has 3 saturated heterocycles. The minimum atomic E-state index is 0.439. The van der Waals surface area contributed by atoms with Crippen molar-refractivity contribution in [2.75, 3.05) is 32.7 Å². The van der Waals surface area contributed by atoms with Crippen molar-refractivity contribution in [3.8, 4) is 0 Å². The molecule has 3 unspecified atom stereocenters. The van der Waals surface area contributed by atoms with Gasteiger partial charge in [-0.05, 0) is 25.8 Å². The molecule has 0 aliphatic carbocycles. The smallest absolute Gasteiger partial charge is 0.0331 e. The maximum atomic E-state index is 2.71. The van der Waals surface area contributed by atoms with Gasteiger partial charge in [0.15, 0.2) is 0 Å². The van der Waals surface area contributed by atoms with Crippen LogP contribution in [0.3, 0.4) is 0 Å². The first-order valence-electron chi connectivity index (χ1n) is 5.60. The maximum absolute atomic E-state index is 2.71. The van der Waals surface area contributed by atoms with Crippen LogP contribution in [0, 0.1) is 5.92 Å². The Morgan fingerprint density at radius 3 is 2.54 bits per heavy atom. The van der Waals surface area contributed by atoms with Gasteiger partial charge in [-0.15, -0.1) is 0 Å². The zero-order valence-electron chi connectivity index (χ0n) is 9.21. The van der Waals surface area contributed by atoms with Crippen molar-refractivity contribution in [3.05, 3.63) is 0 Å². The van der Waals surface area contributed by atoms with Crippen molar-refractivity contribution in [2.45, 2.75) is 32.7 Å². The molecule has 3 atom stereocenters. The highest BCUT2D eigenvalue weighted by molar-refractivity contribution is 4.97. The second-order valence-electron chi connectivity index (χ2n) is 5.13. The highest BCUT2D eigenvalue weighted by Gasteiger charge is 2.41. The van der Waals surface area contributed by atoms with E-state index in [-0.39, 0.29) is 0 Å². The third-order valence-corrected chi connectivity index (χ3v) is 4.10. The summed E-state index contributed by atoms with van der Waals surface area (Å²) in [5.41, 5.74) is 0.439. The molecule has 3 rings (SSSR count). The molecule has 0 aromatic carbocycles. The van der Waals surface area contributed by atoms with Crippen molar-refractivity contribution in [1.82, 2.24) is 9.80 Å². The lowest BCUT2D eigenvalue weighted by molar-refractivity contribution is 0.00585. The fourth-order valence-corrected chi connectivity index (χ4v) is 2.74. The molecule has 3 aliphatic rings. The Balaban J connectivity index is 2.20. The van der Waals surface area contributed by atoms with E-state index in [1.807, 2.05) is 0 Å². The lowest BCUT2D eigenvalue weighted by atomic mass is 9.85. The molecule has 0 N–H and O–H groups in total. The van der Waals surface area contributed by atoms with Gasteiger partial charge in [-0.2, -0.15) is 0 Å². The molecule has 2 nitrogen and oxygen atoms in total. The molecular formula is C11H22N2. The number of hydrogen-bond donors (Lipinski definition) is 0. The van der Waals surface area contributed by atoms with Gasteiger partial charge in [0.1, 0.15) is 0 Å². The van der Waals surface area contributed by atoms with E-state index in [4.69, 9.17) is 0 Å². The zero-order chi connectivity index (χ0) is 9.47. The van der Waals surface area contributed by atoms with Crippen LogP contribution in [0.1, 0.15) is 27.2 Å². The topological polar surface area (TPSA) is 6.48 Å². The lowest BCUT2D eigenvalue weighted by Crippen LogP contribution is -2.60. The molecule has 0 aromatic rings. The van der Waals surface area contributed by atoms with Crippen LogP contribution in [0.15, 0.2) is 0 Å². The predicted octanol–water partition coefficient (Wildman–Crippen LogP) is 1.42. The van der Waals surface area contributed by atoms with E-state index in [9.17, 15) is 0 Å². The molecule has 0 spiro atoms. The van der Waals surface area contributed by atoms with Gasteiger partial charge in [0.2, 0.25) is 0 Å². The van der Waals surface area contributed by atoms with Gasteiger partial charge >= 0.3 is 0 Å². The first kappa shape index (κ1) is 9.47. The first-order valence-corrected chi connectivity index (χ1v) is 5.60. The predicted molar refractivity (Wildman–Crippen MR) is 55.9 cm³/mol. The quantitative estimate of drug-likeness (QED) is 0.605. The van der Waals surface area contributed by atoms with Crippen LogP contribution in [0.4, 0.5) is 0 Å². The van der Waals surface area contributed by atoms with Crippen LogP contribution >= 0.6 is 0 Å². The van der Waals surface area contributed by atoms with Crippen LogP contribution in [-0.2, 0) is 0 Å². The summed E-state index contributed by atoms with van der Waals surface area (Å²) in [6, 6.07) is 0. The fourth-order valence-electron chi connectivity index (χ4n) is 2.74. The van der Waals surface area contributed by atoms with Crippen molar-refractivity contribution < 1.29 is 0 Å². The maximum Gasteiger partial charge on any atom is 0.0331 e. The van der Waals surface area contributed by atoms with Crippen molar-refractivity contribution in [1.29, 1.82) is 0 Å². The van der Waals surface area contributed by atoms with Gasteiger partial charge in [0, 0.05) is 31.7 Å². The van der Waals surface area contributed by atoms with Crippen LogP contribution in [0.2, 0.25) is 0 Å². The van der Waals surface area contributed by atoms with Gasteiger partial charge in [0.25, 0.3) is 0 Å². The van der Waals surface area contributed by atoms with E-state index in [0.717, 1.165) is 5.92 Å². The van der Waals surface area contributed by atoms with Crippen molar-refractivity contribution in [3.63, 3.8) is 0 Å². The molecule has 3 fully saturated rings. The third kappa shape index (κ3) is 1.50. The molecule has 0 saturated carbocycles. The average molecular weight is 182 g/mol. The minimum absolute atomic E-state index is 0.439. The Morgan fingerprint density at radius 1 is 1.08 bits per heavy atom. The Kier molecular flexibility index (Phi) is 2.37. The molecule has 2 bridgehead atoms. The molecule has 0 radical (unpaired) electrons. The summed E-state index contributed by atoms with van der Waals surface area (Å²) in [7, 11) is 0. The molecule has 3 heterocycles. The zero-order valence-corrected chi connectivity index (χ0v) is 9.21. The average Bonchev–Trinajstić information content (AvgIpc) is 2.37. The Hall–Kier alpha value is -0.0800. The van der Waals surface area contributed by atoms with Gasteiger partial charge in [-0.3, -0.25) is 4.90 Å². The Labute approximate surface area is 81.9 Å². The molecular weight excluding hydrogens is 160 g/mol. The molecule has 13 heavy (non-hydrogen) atoms. The minimum Gasteiger partial charge on any atom is -0.300 e. The number of fused-ring (bicyclic) bond motifs is 4.